The summed E-state index contributed by atoms with van der Waals surface area (Å²) in [5.74, 6) is -1.20. The van der Waals surface area contributed by atoms with Gasteiger partial charge in [-0.2, -0.15) is 4.68 Å². The number of hydrogen-bond donors (Lipinski definition) is 3. The average molecular weight is 357 g/mol. The van der Waals surface area contributed by atoms with E-state index in [0.717, 1.165) is 12.6 Å². The van der Waals surface area contributed by atoms with Crippen LogP contribution in [0.4, 0.5) is 10.2 Å². The number of H-pyrrole nitrogens is 1. The number of pyridine rings is 1. The van der Waals surface area contributed by atoms with Crippen LogP contribution in [0.3, 0.4) is 0 Å². The molecule has 8 nitrogen and oxygen atoms in total. The Morgan fingerprint density at radius 2 is 2.23 bits per heavy atom. The van der Waals surface area contributed by atoms with E-state index in [1.165, 1.54) is 16.8 Å². The second-order valence-electron chi connectivity index (χ2n) is 6.38. The van der Waals surface area contributed by atoms with Gasteiger partial charge >= 0.3 is 5.97 Å². The molecule has 0 aliphatic heterocycles. The fourth-order valence-corrected chi connectivity index (χ4v) is 3.35. The van der Waals surface area contributed by atoms with Crippen LogP contribution in [0.15, 0.2) is 35.4 Å². The van der Waals surface area contributed by atoms with Crippen molar-refractivity contribution >= 4 is 22.8 Å². The molecule has 4 rings (SSSR count). The number of carboxylic acid groups (broad SMARTS) is 1. The topological polar surface area (TPSA) is 113 Å². The van der Waals surface area contributed by atoms with Gasteiger partial charge in [-0.1, -0.05) is 0 Å². The number of carboxylic acids is 1. The number of rotatable bonds is 4. The Bertz CT molecular complexity index is 1040. The Labute approximate surface area is 146 Å². The molecule has 26 heavy (non-hydrogen) atoms. The van der Waals surface area contributed by atoms with Crippen molar-refractivity contribution in [1.82, 2.24) is 19.7 Å². The van der Waals surface area contributed by atoms with Gasteiger partial charge in [0, 0.05) is 23.7 Å². The first-order chi connectivity index (χ1) is 12.5. The largest absolute Gasteiger partial charge is 0.481 e. The van der Waals surface area contributed by atoms with E-state index in [1.54, 1.807) is 12.3 Å². The zero-order valence-electron chi connectivity index (χ0n) is 13.6. The Kier molecular flexibility index (Phi) is 3.90. The lowest BCUT2D eigenvalue weighted by Crippen LogP contribution is -2.24. The zero-order valence-corrected chi connectivity index (χ0v) is 13.6. The van der Waals surface area contributed by atoms with Crippen molar-refractivity contribution in [2.24, 2.45) is 5.92 Å². The van der Waals surface area contributed by atoms with E-state index < -0.39 is 11.8 Å². The summed E-state index contributed by atoms with van der Waals surface area (Å²) in [5, 5.41) is 17.0. The van der Waals surface area contributed by atoms with Gasteiger partial charge in [-0.25, -0.2) is 9.37 Å². The van der Waals surface area contributed by atoms with E-state index in [0.29, 0.717) is 35.4 Å². The molecule has 0 bridgehead atoms. The molecule has 3 N–H and O–H groups in total. The third-order valence-electron chi connectivity index (χ3n) is 4.64. The number of fused-ring (bicyclic) bond motifs is 1. The van der Waals surface area contributed by atoms with E-state index in [4.69, 9.17) is 5.11 Å². The van der Waals surface area contributed by atoms with Crippen molar-refractivity contribution in [3.63, 3.8) is 0 Å². The summed E-state index contributed by atoms with van der Waals surface area (Å²) in [6.07, 6.45) is 4.49. The summed E-state index contributed by atoms with van der Waals surface area (Å²) in [7, 11) is 0. The van der Waals surface area contributed by atoms with Gasteiger partial charge in [0.25, 0.3) is 5.56 Å². The highest BCUT2D eigenvalue weighted by atomic mass is 19.1. The molecule has 0 aromatic carbocycles. The quantitative estimate of drug-likeness (QED) is 0.657. The van der Waals surface area contributed by atoms with Crippen molar-refractivity contribution in [2.45, 2.75) is 25.3 Å². The van der Waals surface area contributed by atoms with Gasteiger partial charge in [0.15, 0.2) is 0 Å². The Hall–Kier alpha value is -3.23. The van der Waals surface area contributed by atoms with E-state index >= 15 is 0 Å². The average Bonchev–Trinajstić information content (AvgIpc) is 3.23. The smallest absolute Gasteiger partial charge is 0.306 e. The van der Waals surface area contributed by atoms with Crippen LogP contribution < -0.4 is 10.9 Å². The number of aromatic amines is 1. The van der Waals surface area contributed by atoms with Gasteiger partial charge in [-0.15, -0.1) is 5.10 Å². The Morgan fingerprint density at radius 1 is 1.38 bits per heavy atom. The predicted octanol–water partition coefficient (Wildman–Crippen LogP) is 1.91. The summed E-state index contributed by atoms with van der Waals surface area (Å²) in [6, 6.07) is 4.19. The van der Waals surface area contributed by atoms with Gasteiger partial charge in [0.2, 0.25) is 0 Å². The SMILES string of the molecule is O=C(O)C1CCC(Nc2ccc(=O)n(-c3c[nH]c4ncc(F)cc34)n2)C1. The lowest BCUT2D eigenvalue weighted by molar-refractivity contribution is -0.141. The van der Waals surface area contributed by atoms with E-state index in [2.05, 4.69) is 20.4 Å². The van der Waals surface area contributed by atoms with Crippen LogP contribution in [0.5, 0.6) is 0 Å². The number of aromatic nitrogens is 4. The summed E-state index contributed by atoms with van der Waals surface area (Å²) in [6.45, 7) is 0. The van der Waals surface area contributed by atoms with Crippen LogP contribution in [0.25, 0.3) is 16.7 Å². The van der Waals surface area contributed by atoms with Gasteiger partial charge in [0.05, 0.1) is 17.8 Å². The van der Waals surface area contributed by atoms with E-state index in [9.17, 15) is 14.0 Å². The highest BCUT2D eigenvalue weighted by Gasteiger charge is 2.29. The molecular weight excluding hydrogens is 341 g/mol. The highest BCUT2D eigenvalue weighted by molar-refractivity contribution is 5.85. The summed E-state index contributed by atoms with van der Waals surface area (Å²) >= 11 is 0. The van der Waals surface area contributed by atoms with Crippen LogP contribution >= 0.6 is 0 Å². The summed E-state index contributed by atoms with van der Waals surface area (Å²) < 4.78 is 14.7. The zero-order chi connectivity index (χ0) is 18.3. The molecule has 0 saturated heterocycles. The monoisotopic (exact) mass is 357 g/mol. The molecule has 3 heterocycles. The molecule has 1 aliphatic carbocycles. The van der Waals surface area contributed by atoms with Crippen molar-refractivity contribution < 1.29 is 14.3 Å². The third kappa shape index (κ3) is 2.92. The Balaban J connectivity index is 1.65. The normalized spacial score (nSPS) is 19.7. The Morgan fingerprint density at radius 3 is 3.00 bits per heavy atom. The lowest BCUT2D eigenvalue weighted by atomic mass is 10.1. The molecule has 0 amide bonds. The molecule has 134 valence electrons. The minimum Gasteiger partial charge on any atom is -0.481 e. The van der Waals surface area contributed by atoms with Crippen molar-refractivity contribution in [3.8, 4) is 5.69 Å². The van der Waals surface area contributed by atoms with Gasteiger partial charge in [0.1, 0.15) is 17.3 Å². The number of nitrogens with one attached hydrogen (secondary N) is 2. The van der Waals surface area contributed by atoms with Gasteiger partial charge < -0.3 is 15.4 Å². The first-order valence-electron chi connectivity index (χ1n) is 8.24. The number of nitrogens with zero attached hydrogens (tertiary/aromatic N) is 3. The van der Waals surface area contributed by atoms with Gasteiger partial charge in [-0.05, 0) is 31.4 Å². The number of anilines is 1. The number of aliphatic carboxylic acids is 1. The molecule has 1 aliphatic rings. The molecule has 1 fully saturated rings. The summed E-state index contributed by atoms with van der Waals surface area (Å²) in [5.41, 5.74) is 0.486. The highest BCUT2D eigenvalue weighted by Crippen LogP contribution is 2.28. The maximum Gasteiger partial charge on any atom is 0.306 e. The predicted molar refractivity (Wildman–Crippen MR) is 91.8 cm³/mol. The third-order valence-corrected chi connectivity index (χ3v) is 4.64. The van der Waals surface area contributed by atoms with Crippen LogP contribution in [0.1, 0.15) is 19.3 Å². The van der Waals surface area contributed by atoms with Crippen LogP contribution in [-0.4, -0.2) is 36.9 Å². The molecule has 3 aromatic rings. The minimum atomic E-state index is -0.791. The molecular formula is C17H16FN5O3. The van der Waals surface area contributed by atoms with Crippen LogP contribution in [0, 0.1) is 11.7 Å². The minimum absolute atomic E-state index is 0.0170. The first-order valence-corrected chi connectivity index (χ1v) is 8.24. The van der Waals surface area contributed by atoms with E-state index in [1.807, 2.05) is 0 Å². The molecule has 9 heteroatoms. The maximum absolute atomic E-state index is 13.5. The second-order valence-corrected chi connectivity index (χ2v) is 6.38. The number of carbonyl (C=O) groups is 1. The maximum atomic E-state index is 13.5. The number of halogens is 1. The van der Waals surface area contributed by atoms with Crippen LogP contribution in [0.2, 0.25) is 0 Å². The molecule has 0 radical (unpaired) electrons. The molecule has 3 aromatic heterocycles. The molecule has 1 saturated carbocycles. The van der Waals surface area contributed by atoms with Crippen LogP contribution in [-0.2, 0) is 4.79 Å². The van der Waals surface area contributed by atoms with Crippen molar-refractivity contribution in [1.29, 1.82) is 0 Å². The summed E-state index contributed by atoms with van der Waals surface area (Å²) in [4.78, 5) is 30.2. The fraction of sp³-hybridized carbons (Fsp3) is 0.294. The second kappa shape index (κ2) is 6.25. The van der Waals surface area contributed by atoms with Gasteiger partial charge in [-0.3, -0.25) is 9.59 Å². The number of hydrogen-bond acceptors (Lipinski definition) is 5. The molecule has 2 unspecified atom stereocenters. The lowest BCUT2D eigenvalue weighted by Gasteiger charge is -2.14. The standard InChI is InChI=1S/C17H16FN5O3/c18-10-6-12-13(8-20-16(12)19-7-10)23-15(24)4-3-14(22-23)21-11-2-1-9(5-11)17(25)26/h3-4,6-9,11H,1-2,5H2,(H,19,20)(H,21,22)(H,25,26). The van der Waals surface area contributed by atoms with E-state index in [-0.39, 0.29) is 17.5 Å². The fourth-order valence-electron chi connectivity index (χ4n) is 3.35. The van der Waals surface area contributed by atoms with Crippen molar-refractivity contribution in [2.75, 3.05) is 5.32 Å². The molecule has 0 spiro atoms. The molecule has 2 atom stereocenters. The van der Waals surface area contributed by atoms with Crippen molar-refractivity contribution in [3.05, 3.63) is 46.8 Å². The first kappa shape index (κ1) is 16.2.